The highest BCUT2D eigenvalue weighted by Gasteiger charge is 2.32. The van der Waals surface area contributed by atoms with Crippen molar-refractivity contribution in [3.05, 3.63) is 23.8 Å². The van der Waals surface area contributed by atoms with Gasteiger partial charge in [-0.25, -0.2) is 4.79 Å². The molecule has 1 N–H and O–H groups in total. The maximum absolute atomic E-state index is 10.9. The number of methoxy groups -OCH3 is 2. The summed E-state index contributed by atoms with van der Waals surface area (Å²) in [4.78, 5) is 10.9. The fraction of sp³-hybridized carbons (Fsp3) is 0.462. The second kappa shape index (κ2) is 5.90. The van der Waals surface area contributed by atoms with Gasteiger partial charge >= 0.3 is 5.97 Å². The summed E-state index contributed by atoms with van der Waals surface area (Å²) in [7, 11) is 3.15. The molecule has 0 radical (unpaired) electrons. The van der Waals surface area contributed by atoms with Gasteiger partial charge in [0.2, 0.25) is 0 Å². The van der Waals surface area contributed by atoms with Crippen LogP contribution < -0.4 is 9.47 Å². The maximum atomic E-state index is 10.9. The highest BCUT2D eigenvalue weighted by molar-refractivity contribution is 5.88. The first kappa shape index (κ1) is 13.6. The molecule has 19 heavy (non-hydrogen) atoms. The van der Waals surface area contributed by atoms with Crippen molar-refractivity contribution in [2.75, 3.05) is 27.4 Å². The van der Waals surface area contributed by atoms with Crippen molar-refractivity contribution < 1.29 is 28.8 Å². The Morgan fingerprint density at radius 1 is 1.16 bits per heavy atom. The van der Waals surface area contributed by atoms with E-state index in [2.05, 4.69) is 0 Å². The topological polar surface area (TPSA) is 74.2 Å². The third-order valence-electron chi connectivity index (χ3n) is 2.82. The van der Waals surface area contributed by atoms with Gasteiger partial charge in [0.15, 0.2) is 23.7 Å². The molecule has 0 aromatic heterocycles. The molecule has 0 fully saturated rings. The summed E-state index contributed by atoms with van der Waals surface area (Å²) in [6.45, 7) is 0.707. The first-order valence-electron chi connectivity index (χ1n) is 5.84. The van der Waals surface area contributed by atoms with E-state index in [0.29, 0.717) is 24.7 Å². The van der Waals surface area contributed by atoms with E-state index in [1.54, 1.807) is 20.3 Å². The number of carboxylic acid groups (broad SMARTS) is 1. The van der Waals surface area contributed by atoms with E-state index in [4.69, 9.17) is 24.1 Å². The van der Waals surface area contributed by atoms with Crippen LogP contribution in [0, 0.1) is 0 Å². The van der Waals surface area contributed by atoms with Gasteiger partial charge in [-0.2, -0.15) is 0 Å². The van der Waals surface area contributed by atoms with Gasteiger partial charge < -0.3 is 24.1 Å². The van der Waals surface area contributed by atoms with Crippen LogP contribution in [0.5, 0.6) is 11.5 Å². The third kappa shape index (κ3) is 2.97. The standard InChI is InChI=1S/C13H16O6/c1-16-6-11-12(7-17-2)19-10-5-8(13(14)15)3-4-9(10)18-11/h3-5,11-12H,6-7H2,1-2H3,(H,14,15)/t11-,12-/m1/s1. The zero-order valence-corrected chi connectivity index (χ0v) is 10.8. The molecule has 0 spiro atoms. The van der Waals surface area contributed by atoms with Crippen LogP contribution in [0.2, 0.25) is 0 Å². The average molecular weight is 268 g/mol. The van der Waals surface area contributed by atoms with Gasteiger partial charge in [0.1, 0.15) is 0 Å². The number of hydrogen-bond acceptors (Lipinski definition) is 5. The van der Waals surface area contributed by atoms with Crippen molar-refractivity contribution in [1.29, 1.82) is 0 Å². The minimum atomic E-state index is -1.01. The van der Waals surface area contributed by atoms with Crippen molar-refractivity contribution >= 4 is 5.97 Å². The van der Waals surface area contributed by atoms with Gasteiger partial charge in [-0.3, -0.25) is 0 Å². The predicted molar refractivity (Wildman–Crippen MR) is 66.0 cm³/mol. The summed E-state index contributed by atoms with van der Waals surface area (Å²) in [6, 6.07) is 4.51. The van der Waals surface area contributed by atoms with Crippen molar-refractivity contribution in [2.24, 2.45) is 0 Å². The molecule has 1 aliphatic heterocycles. The first-order valence-corrected chi connectivity index (χ1v) is 5.84. The Labute approximate surface area is 110 Å². The van der Waals surface area contributed by atoms with Crippen LogP contribution in [0.3, 0.4) is 0 Å². The van der Waals surface area contributed by atoms with Crippen LogP contribution in [0.25, 0.3) is 0 Å². The van der Waals surface area contributed by atoms with E-state index in [0.717, 1.165) is 0 Å². The first-order chi connectivity index (χ1) is 9.15. The highest BCUT2D eigenvalue weighted by atomic mass is 16.6. The second-order valence-corrected chi connectivity index (χ2v) is 4.19. The molecule has 0 saturated heterocycles. The van der Waals surface area contributed by atoms with Crippen LogP contribution in [-0.2, 0) is 9.47 Å². The van der Waals surface area contributed by atoms with E-state index >= 15 is 0 Å². The lowest BCUT2D eigenvalue weighted by molar-refractivity contribution is -0.0515. The molecule has 0 bridgehead atoms. The number of carbonyl (C=O) groups is 1. The Bertz CT molecular complexity index is 458. The molecule has 2 atom stereocenters. The number of ether oxygens (including phenoxy) is 4. The number of fused-ring (bicyclic) bond motifs is 1. The van der Waals surface area contributed by atoms with Gasteiger partial charge in [-0.1, -0.05) is 0 Å². The molecular weight excluding hydrogens is 252 g/mol. The van der Waals surface area contributed by atoms with E-state index in [1.807, 2.05) is 0 Å². The highest BCUT2D eigenvalue weighted by Crippen LogP contribution is 2.35. The Kier molecular flexibility index (Phi) is 4.24. The number of carboxylic acids is 1. The Hall–Kier alpha value is -1.79. The van der Waals surface area contributed by atoms with Gasteiger partial charge in [0, 0.05) is 14.2 Å². The molecule has 0 aliphatic carbocycles. The van der Waals surface area contributed by atoms with E-state index in [1.165, 1.54) is 12.1 Å². The molecule has 2 rings (SSSR count). The Balaban J connectivity index is 2.24. The van der Waals surface area contributed by atoms with Gasteiger partial charge in [0.05, 0.1) is 18.8 Å². The van der Waals surface area contributed by atoms with E-state index < -0.39 is 5.97 Å². The molecule has 1 heterocycles. The molecule has 0 saturated carbocycles. The largest absolute Gasteiger partial charge is 0.480 e. The van der Waals surface area contributed by atoms with Crippen molar-refractivity contribution in [3.63, 3.8) is 0 Å². The molecule has 6 heteroatoms. The molecule has 6 nitrogen and oxygen atoms in total. The summed E-state index contributed by atoms with van der Waals surface area (Å²) in [6.07, 6.45) is -0.616. The van der Waals surface area contributed by atoms with E-state index in [-0.39, 0.29) is 17.8 Å². The molecule has 0 unspecified atom stereocenters. The van der Waals surface area contributed by atoms with Crippen molar-refractivity contribution in [1.82, 2.24) is 0 Å². The number of aromatic carboxylic acids is 1. The van der Waals surface area contributed by atoms with E-state index in [9.17, 15) is 4.79 Å². The van der Waals surface area contributed by atoms with Crippen LogP contribution >= 0.6 is 0 Å². The third-order valence-corrected chi connectivity index (χ3v) is 2.82. The quantitative estimate of drug-likeness (QED) is 0.864. The minimum Gasteiger partial charge on any atom is -0.480 e. The van der Waals surface area contributed by atoms with Crippen LogP contribution in [0.1, 0.15) is 10.4 Å². The number of hydrogen-bond donors (Lipinski definition) is 1. The fourth-order valence-corrected chi connectivity index (χ4v) is 1.92. The lowest BCUT2D eigenvalue weighted by Gasteiger charge is -2.33. The fourth-order valence-electron chi connectivity index (χ4n) is 1.92. The SMILES string of the molecule is COC[C@H]1Oc2ccc(C(=O)O)cc2O[C@@H]1COC. The lowest BCUT2D eigenvalue weighted by atomic mass is 10.1. The number of benzene rings is 1. The lowest BCUT2D eigenvalue weighted by Crippen LogP contribution is -2.45. The van der Waals surface area contributed by atoms with Crippen molar-refractivity contribution in [3.8, 4) is 11.5 Å². The Morgan fingerprint density at radius 3 is 2.26 bits per heavy atom. The summed E-state index contributed by atoms with van der Waals surface area (Å²) >= 11 is 0. The van der Waals surface area contributed by atoms with Crippen LogP contribution in [0.4, 0.5) is 0 Å². The number of rotatable bonds is 5. The minimum absolute atomic E-state index is 0.156. The second-order valence-electron chi connectivity index (χ2n) is 4.19. The smallest absolute Gasteiger partial charge is 0.335 e. The van der Waals surface area contributed by atoms with Gasteiger partial charge in [0.25, 0.3) is 0 Å². The Morgan fingerprint density at radius 2 is 1.74 bits per heavy atom. The van der Waals surface area contributed by atoms with Crippen LogP contribution in [-0.4, -0.2) is 50.7 Å². The predicted octanol–water partition coefficient (Wildman–Crippen LogP) is 1.19. The summed E-state index contributed by atoms with van der Waals surface area (Å²) in [5.74, 6) is -0.0811. The zero-order valence-electron chi connectivity index (χ0n) is 10.8. The molecule has 1 aromatic rings. The molecule has 1 aromatic carbocycles. The summed E-state index contributed by atoms with van der Waals surface area (Å²) in [5.41, 5.74) is 0.156. The van der Waals surface area contributed by atoms with Crippen molar-refractivity contribution in [2.45, 2.75) is 12.2 Å². The monoisotopic (exact) mass is 268 g/mol. The van der Waals surface area contributed by atoms with Gasteiger partial charge in [-0.15, -0.1) is 0 Å². The van der Waals surface area contributed by atoms with Gasteiger partial charge in [-0.05, 0) is 18.2 Å². The maximum Gasteiger partial charge on any atom is 0.335 e. The normalized spacial score (nSPS) is 21.2. The molecular formula is C13H16O6. The zero-order chi connectivity index (χ0) is 13.8. The van der Waals surface area contributed by atoms with Crippen LogP contribution in [0.15, 0.2) is 18.2 Å². The summed E-state index contributed by atoms with van der Waals surface area (Å²) < 4.78 is 21.6. The summed E-state index contributed by atoms with van der Waals surface area (Å²) in [5, 5.41) is 8.95. The average Bonchev–Trinajstić information content (AvgIpc) is 2.39. The molecule has 1 aliphatic rings. The molecule has 0 amide bonds. The molecule has 104 valence electrons.